The van der Waals surface area contributed by atoms with E-state index in [4.69, 9.17) is 0 Å². The number of amides is 1. The van der Waals surface area contributed by atoms with Crippen molar-refractivity contribution in [2.45, 2.75) is 29.4 Å². The molecule has 2 aromatic carbocycles. The van der Waals surface area contributed by atoms with Crippen LogP contribution in [0.15, 0.2) is 71.0 Å². The average Bonchev–Trinajstić information content (AvgIpc) is 3.33. The van der Waals surface area contributed by atoms with Gasteiger partial charge in [-0.2, -0.15) is 0 Å². The molecule has 9 heteroatoms. The van der Waals surface area contributed by atoms with E-state index in [0.717, 1.165) is 10.7 Å². The van der Waals surface area contributed by atoms with Crippen molar-refractivity contribution in [2.24, 2.45) is 7.05 Å². The molecule has 7 nitrogen and oxygen atoms in total. The summed E-state index contributed by atoms with van der Waals surface area (Å²) in [6.45, 7) is 2.34. The van der Waals surface area contributed by atoms with Crippen LogP contribution in [0.2, 0.25) is 0 Å². The quantitative estimate of drug-likeness (QED) is 0.436. The Morgan fingerprint density at radius 1 is 1.23 bits per heavy atom. The highest BCUT2D eigenvalue weighted by Crippen LogP contribution is 2.36. The van der Waals surface area contributed by atoms with E-state index in [1.54, 1.807) is 30.1 Å². The first-order valence-electron chi connectivity index (χ1n) is 9.98. The van der Waals surface area contributed by atoms with E-state index in [9.17, 15) is 13.2 Å². The Balaban J connectivity index is 1.46. The number of aromatic nitrogens is 2. The van der Waals surface area contributed by atoms with Gasteiger partial charge in [0.25, 0.3) is 15.9 Å². The third-order valence-electron chi connectivity index (χ3n) is 5.19. The van der Waals surface area contributed by atoms with Crippen LogP contribution in [-0.4, -0.2) is 42.2 Å². The van der Waals surface area contributed by atoms with Crippen LogP contribution >= 0.6 is 11.8 Å². The smallest absolute Gasteiger partial charge is 0.264 e. The summed E-state index contributed by atoms with van der Waals surface area (Å²) in [5.74, 6) is 0.365. The topological polar surface area (TPSA) is 84.3 Å². The van der Waals surface area contributed by atoms with Gasteiger partial charge in [-0.05, 0) is 43.2 Å². The Morgan fingerprint density at radius 2 is 2.03 bits per heavy atom. The molecule has 1 atom stereocenters. The molecule has 1 N–H and O–H groups in total. The van der Waals surface area contributed by atoms with Crippen LogP contribution < -0.4 is 9.62 Å². The van der Waals surface area contributed by atoms with Crippen LogP contribution in [0, 0.1) is 0 Å². The predicted molar refractivity (Wildman–Crippen MR) is 122 cm³/mol. The maximum absolute atomic E-state index is 13.4. The molecule has 0 spiro atoms. The number of fused-ring (bicyclic) bond motifs is 1. The minimum Gasteiger partial charge on any atom is -0.351 e. The maximum atomic E-state index is 13.4. The largest absolute Gasteiger partial charge is 0.351 e. The van der Waals surface area contributed by atoms with Gasteiger partial charge >= 0.3 is 0 Å². The molecule has 0 fully saturated rings. The molecule has 0 saturated carbocycles. The van der Waals surface area contributed by atoms with Crippen molar-refractivity contribution in [3.05, 3.63) is 72.1 Å². The van der Waals surface area contributed by atoms with E-state index < -0.39 is 10.0 Å². The lowest BCUT2D eigenvalue weighted by molar-refractivity contribution is 0.0956. The van der Waals surface area contributed by atoms with E-state index in [1.165, 1.54) is 16.4 Å². The van der Waals surface area contributed by atoms with Gasteiger partial charge in [0.2, 0.25) is 0 Å². The van der Waals surface area contributed by atoms with E-state index >= 15 is 0 Å². The molecule has 0 bridgehead atoms. The van der Waals surface area contributed by atoms with Crippen molar-refractivity contribution in [3.8, 4) is 0 Å². The maximum Gasteiger partial charge on any atom is 0.264 e. The van der Waals surface area contributed by atoms with Gasteiger partial charge < -0.3 is 9.88 Å². The number of benzene rings is 2. The molecule has 0 aliphatic carbocycles. The Labute approximate surface area is 186 Å². The third kappa shape index (κ3) is 4.33. The molecule has 162 valence electrons. The SMILES string of the molecule is CC1Cc2ccccc2N1S(=O)(=O)c1cccc(C(=O)NCCSc2nccn2C)c1. The second-order valence-electron chi connectivity index (χ2n) is 7.44. The highest BCUT2D eigenvalue weighted by Gasteiger charge is 2.36. The Morgan fingerprint density at radius 3 is 2.81 bits per heavy atom. The number of rotatable bonds is 7. The number of para-hydroxylation sites is 1. The number of nitrogens with one attached hydrogen (secondary N) is 1. The molecule has 3 aromatic rings. The number of thioether (sulfide) groups is 1. The average molecular weight is 457 g/mol. The number of hydrogen-bond acceptors (Lipinski definition) is 5. The molecule has 1 unspecified atom stereocenters. The first kappa shape index (κ1) is 21.5. The zero-order chi connectivity index (χ0) is 22.0. The van der Waals surface area contributed by atoms with Gasteiger partial charge in [-0.15, -0.1) is 0 Å². The number of sulfonamides is 1. The number of aryl methyl sites for hydroxylation is 1. The van der Waals surface area contributed by atoms with Gasteiger partial charge in [-0.25, -0.2) is 13.4 Å². The predicted octanol–water partition coefficient (Wildman–Crippen LogP) is 3.08. The molecule has 2 heterocycles. The van der Waals surface area contributed by atoms with Gasteiger partial charge in [0.1, 0.15) is 0 Å². The van der Waals surface area contributed by atoms with Crippen LogP contribution in [0.25, 0.3) is 0 Å². The summed E-state index contributed by atoms with van der Waals surface area (Å²) >= 11 is 1.54. The number of nitrogens with zero attached hydrogens (tertiary/aromatic N) is 3. The third-order valence-corrected chi connectivity index (χ3v) is 8.18. The van der Waals surface area contributed by atoms with Crippen molar-refractivity contribution in [1.82, 2.24) is 14.9 Å². The summed E-state index contributed by atoms with van der Waals surface area (Å²) < 4.78 is 30.2. The van der Waals surface area contributed by atoms with Gasteiger partial charge in [-0.3, -0.25) is 9.10 Å². The fourth-order valence-corrected chi connectivity index (χ4v) is 6.24. The Kier molecular flexibility index (Phi) is 6.06. The fraction of sp³-hybridized carbons (Fsp3) is 0.273. The minimum absolute atomic E-state index is 0.117. The van der Waals surface area contributed by atoms with Crippen molar-refractivity contribution >= 4 is 33.4 Å². The van der Waals surface area contributed by atoms with Crippen LogP contribution in [0.1, 0.15) is 22.8 Å². The zero-order valence-electron chi connectivity index (χ0n) is 17.4. The summed E-state index contributed by atoms with van der Waals surface area (Å²) in [6, 6.07) is 13.6. The number of imidazole rings is 1. The molecule has 1 aliphatic rings. The van der Waals surface area contributed by atoms with Crippen LogP contribution in [-0.2, 0) is 23.5 Å². The van der Waals surface area contributed by atoms with E-state index in [1.807, 2.05) is 49.0 Å². The molecule has 1 amide bonds. The van der Waals surface area contributed by atoms with Crippen LogP contribution in [0.5, 0.6) is 0 Å². The second kappa shape index (κ2) is 8.76. The molecular weight excluding hydrogens is 432 g/mol. The molecule has 4 rings (SSSR count). The fourth-order valence-electron chi connectivity index (χ4n) is 3.71. The van der Waals surface area contributed by atoms with Gasteiger partial charge in [0, 0.05) is 43.3 Å². The number of anilines is 1. The summed E-state index contributed by atoms with van der Waals surface area (Å²) in [4.78, 5) is 16.9. The molecule has 0 saturated heterocycles. The monoisotopic (exact) mass is 456 g/mol. The number of hydrogen-bond donors (Lipinski definition) is 1. The normalized spacial score (nSPS) is 15.7. The standard InChI is InChI=1S/C22H24N4O3S2/c1-16-14-17-6-3-4-9-20(17)26(16)31(28,29)19-8-5-7-18(15-19)21(27)23-11-13-30-22-24-10-12-25(22)2/h3-10,12,15-16H,11,13-14H2,1-2H3,(H,23,27). The minimum atomic E-state index is -3.78. The molecular formula is C22H24N4O3S2. The molecule has 1 aromatic heterocycles. The highest BCUT2D eigenvalue weighted by molar-refractivity contribution is 7.99. The number of carbonyl (C=O) groups excluding carboxylic acids is 1. The Hall–Kier alpha value is -2.78. The van der Waals surface area contributed by atoms with Crippen molar-refractivity contribution in [2.75, 3.05) is 16.6 Å². The zero-order valence-corrected chi connectivity index (χ0v) is 19.0. The van der Waals surface area contributed by atoms with Crippen molar-refractivity contribution in [3.63, 3.8) is 0 Å². The Bertz CT molecular complexity index is 1210. The lowest BCUT2D eigenvalue weighted by atomic mass is 10.1. The lowest BCUT2D eigenvalue weighted by Crippen LogP contribution is -2.36. The molecule has 1 aliphatic heterocycles. The molecule has 31 heavy (non-hydrogen) atoms. The summed E-state index contributed by atoms with van der Waals surface area (Å²) in [6.07, 6.45) is 4.27. The van der Waals surface area contributed by atoms with Crippen molar-refractivity contribution in [1.29, 1.82) is 0 Å². The van der Waals surface area contributed by atoms with Crippen molar-refractivity contribution < 1.29 is 13.2 Å². The lowest BCUT2D eigenvalue weighted by Gasteiger charge is -2.24. The highest BCUT2D eigenvalue weighted by atomic mass is 32.2. The van der Waals surface area contributed by atoms with E-state index in [0.29, 0.717) is 30.0 Å². The summed E-state index contributed by atoms with van der Waals surface area (Å²) in [7, 11) is -1.86. The van der Waals surface area contributed by atoms with Crippen LogP contribution in [0.3, 0.4) is 0 Å². The van der Waals surface area contributed by atoms with Crippen LogP contribution in [0.4, 0.5) is 5.69 Å². The van der Waals surface area contributed by atoms with Gasteiger partial charge in [-0.1, -0.05) is 36.0 Å². The first-order chi connectivity index (χ1) is 14.9. The van der Waals surface area contributed by atoms with Gasteiger partial charge in [0.05, 0.1) is 10.6 Å². The van der Waals surface area contributed by atoms with E-state index in [-0.39, 0.29) is 16.8 Å². The molecule has 0 radical (unpaired) electrons. The van der Waals surface area contributed by atoms with E-state index in [2.05, 4.69) is 10.3 Å². The summed E-state index contributed by atoms with van der Waals surface area (Å²) in [5, 5.41) is 3.73. The van der Waals surface area contributed by atoms with Gasteiger partial charge in [0.15, 0.2) is 5.16 Å². The second-order valence-corrected chi connectivity index (χ2v) is 10.3. The first-order valence-corrected chi connectivity index (χ1v) is 12.4. The summed E-state index contributed by atoms with van der Waals surface area (Å²) in [5.41, 5.74) is 2.04. The number of carbonyl (C=O) groups is 1.